The maximum Gasteiger partial charge on any atom is 0.227 e. The standard InChI is InChI=1S/C21H25N3O2/c25-21(14-17-3-1-7-22-15-17)24-9-2-8-23(10-11-24)16-18-4-5-20-19(13-18)6-12-26-20/h1,3-5,7,13,15H,2,6,8-12,14,16H2. The summed E-state index contributed by atoms with van der Waals surface area (Å²) in [6.45, 7) is 5.34. The van der Waals surface area contributed by atoms with Gasteiger partial charge in [-0.2, -0.15) is 0 Å². The van der Waals surface area contributed by atoms with Gasteiger partial charge in [0.1, 0.15) is 5.75 Å². The van der Waals surface area contributed by atoms with Crippen molar-refractivity contribution in [3.8, 4) is 5.75 Å². The number of hydrogen-bond acceptors (Lipinski definition) is 4. The minimum absolute atomic E-state index is 0.203. The molecular formula is C21H25N3O2. The Bertz CT molecular complexity index is 763. The Kier molecular flexibility index (Phi) is 5.16. The summed E-state index contributed by atoms with van der Waals surface area (Å²) in [6.07, 6.45) is 5.99. The number of aromatic nitrogens is 1. The molecule has 1 amide bonds. The predicted molar refractivity (Wildman–Crippen MR) is 100 cm³/mol. The monoisotopic (exact) mass is 351 g/mol. The molecule has 0 aliphatic carbocycles. The van der Waals surface area contributed by atoms with Crippen LogP contribution in [0.5, 0.6) is 5.75 Å². The number of pyridine rings is 1. The van der Waals surface area contributed by atoms with E-state index in [1.807, 2.05) is 17.0 Å². The Labute approximate surface area is 154 Å². The van der Waals surface area contributed by atoms with Crippen LogP contribution in [0.25, 0.3) is 0 Å². The highest BCUT2D eigenvalue weighted by molar-refractivity contribution is 5.78. The number of nitrogens with zero attached hydrogens (tertiary/aromatic N) is 3. The van der Waals surface area contributed by atoms with E-state index < -0.39 is 0 Å². The third kappa shape index (κ3) is 4.05. The van der Waals surface area contributed by atoms with Gasteiger partial charge in [0.15, 0.2) is 0 Å². The molecule has 1 aromatic heterocycles. The van der Waals surface area contributed by atoms with Crippen molar-refractivity contribution in [3.05, 3.63) is 59.4 Å². The average molecular weight is 351 g/mol. The second-order valence-corrected chi connectivity index (χ2v) is 7.09. The number of amides is 1. The van der Waals surface area contributed by atoms with E-state index in [1.165, 1.54) is 11.1 Å². The van der Waals surface area contributed by atoms with Gasteiger partial charge in [-0.3, -0.25) is 14.7 Å². The Morgan fingerprint density at radius 2 is 2.08 bits per heavy atom. The highest BCUT2D eigenvalue weighted by Crippen LogP contribution is 2.26. The first-order valence-corrected chi connectivity index (χ1v) is 9.41. The molecule has 2 aromatic rings. The molecule has 2 aliphatic heterocycles. The van der Waals surface area contributed by atoms with Gasteiger partial charge in [0.25, 0.3) is 0 Å². The van der Waals surface area contributed by atoms with Gasteiger partial charge < -0.3 is 9.64 Å². The van der Waals surface area contributed by atoms with Crippen molar-refractivity contribution in [3.63, 3.8) is 0 Å². The van der Waals surface area contributed by atoms with Gasteiger partial charge in [0.2, 0.25) is 5.91 Å². The zero-order valence-electron chi connectivity index (χ0n) is 15.1. The third-order valence-corrected chi connectivity index (χ3v) is 5.18. The summed E-state index contributed by atoms with van der Waals surface area (Å²) in [4.78, 5) is 21.1. The second-order valence-electron chi connectivity index (χ2n) is 7.09. The van der Waals surface area contributed by atoms with E-state index >= 15 is 0 Å². The van der Waals surface area contributed by atoms with Crippen LogP contribution in [0, 0.1) is 0 Å². The Hall–Kier alpha value is -2.40. The lowest BCUT2D eigenvalue weighted by atomic mass is 10.1. The van der Waals surface area contributed by atoms with Crippen LogP contribution in [0.4, 0.5) is 0 Å². The molecule has 1 saturated heterocycles. The SMILES string of the molecule is O=C(Cc1cccnc1)N1CCCN(Cc2ccc3c(c2)CCO3)CC1. The van der Waals surface area contributed by atoms with Crippen molar-refractivity contribution in [2.75, 3.05) is 32.8 Å². The molecule has 26 heavy (non-hydrogen) atoms. The van der Waals surface area contributed by atoms with E-state index in [1.54, 1.807) is 12.4 Å². The molecule has 1 fully saturated rings. The Morgan fingerprint density at radius 1 is 1.12 bits per heavy atom. The lowest BCUT2D eigenvalue weighted by Crippen LogP contribution is -2.36. The van der Waals surface area contributed by atoms with E-state index in [4.69, 9.17) is 4.74 Å². The van der Waals surface area contributed by atoms with E-state index in [9.17, 15) is 4.79 Å². The van der Waals surface area contributed by atoms with Crippen molar-refractivity contribution in [2.24, 2.45) is 0 Å². The van der Waals surface area contributed by atoms with E-state index in [-0.39, 0.29) is 5.91 Å². The fraction of sp³-hybridized carbons (Fsp3) is 0.429. The first-order valence-electron chi connectivity index (χ1n) is 9.41. The summed E-state index contributed by atoms with van der Waals surface area (Å²) < 4.78 is 5.59. The summed E-state index contributed by atoms with van der Waals surface area (Å²) >= 11 is 0. The minimum Gasteiger partial charge on any atom is -0.493 e. The van der Waals surface area contributed by atoms with Gasteiger partial charge in [0.05, 0.1) is 13.0 Å². The van der Waals surface area contributed by atoms with Crippen molar-refractivity contribution < 1.29 is 9.53 Å². The zero-order chi connectivity index (χ0) is 17.8. The fourth-order valence-corrected chi connectivity index (χ4v) is 3.76. The maximum atomic E-state index is 12.6. The van der Waals surface area contributed by atoms with Crippen LogP contribution < -0.4 is 4.74 Å². The largest absolute Gasteiger partial charge is 0.493 e. The van der Waals surface area contributed by atoms with Crippen molar-refractivity contribution in [2.45, 2.75) is 25.8 Å². The summed E-state index contributed by atoms with van der Waals surface area (Å²) in [5.41, 5.74) is 3.65. The lowest BCUT2D eigenvalue weighted by Gasteiger charge is -2.22. The van der Waals surface area contributed by atoms with Crippen LogP contribution in [0.15, 0.2) is 42.7 Å². The van der Waals surface area contributed by atoms with Crippen LogP contribution in [0.2, 0.25) is 0 Å². The van der Waals surface area contributed by atoms with Crippen LogP contribution in [0.1, 0.15) is 23.1 Å². The Morgan fingerprint density at radius 3 is 2.96 bits per heavy atom. The first kappa shape index (κ1) is 17.0. The van der Waals surface area contributed by atoms with Crippen LogP contribution >= 0.6 is 0 Å². The molecule has 1 aromatic carbocycles. The third-order valence-electron chi connectivity index (χ3n) is 5.18. The van der Waals surface area contributed by atoms with Crippen LogP contribution in [-0.4, -0.2) is 53.5 Å². The van der Waals surface area contributed by atoms with E-state index in [0.29, 0.717) is 6.42 Å². The molecule has 0 atom stereocenters. The average Bonchev–Trinajstić information content (AvgIpc) is 3.00. The Balaban J connectivity index is 1.32. The van der Waals surface area contributed by atoms with Crippen molar-refractivity contribution >= 4 is 5.91 Å². The molecule has 0 N–H and O–H groups in total. The molecule has 0 unspecified atom stereocenters. The van der Waals surface area contributed by atoms with Gasteiger partial charge in [0, 0.05) is 51.5 Å². The van der Waals surface area contributed by atoms with Gasteiger partial charge >= 0.3 is 0 Å². The van der Waals surface area contributed by atoms with E-state index in [2.05, 4.69) is 28.1 Å². The summed E-state index contributed by atoms with van der Waals surface area (Å²) in [7, 11) is 0. The molecule has 0 spiro atoms. The quantitative estimate of drug-likeness (QED) is 0.848. The zero-order valence-corrected chi connectivity index (χ0v) is 15.1. The number of carbonyl (C=O) groups excluding carboxylic acids is 1. The van der Waals surface area contributed by atoms with Crippen LogP contribution in [0.3, 0.4) is 0 Å². The molecule has 5 heteroatoms. The van der Waals surface area contributed by atoms with Gasteiger partial charge in [-0.05, 0) is 35.2 Å². The predicted octanol–water partition coefficient (Wildman–Crippen LogP) is 2.29. The highest BCUT2D eigenvalue weighted by Gasteiger charge is 2.20. The first-order chi connectivity index (χ1) is 12.8. The molecule has 0 bridgehead atoms. The molecule has 2 aliphatic rings. The number of carbonyl (C=O) groups is 1. The number of benzene rings is 1. The summed E-state index contributed by atoms with van der Waals surface area (Å²) in [5.74, 6) is 1.24. The van der Waals surface area contributed by atoms with Crippen molar-refractivity contribution in [1.29, 1.82) is 0 Å². The second kappa shape index (κ2) is 7.87. The fourth-order valence-electron chi connectivity index (χ4n) is 3.76. The number of ether oxygens (including phenoxy) is 1. The normalized spacial score (nSPS) is 17.5. The van der Waals surface area contributed by atoms with Gasteiger partial charge in [-0.15, -0.1) is 0 Å². The minimum atomic E-state index is 0.203. The molecule has 0 saturated carbocycles. The summed E-state index contributed by atoms with van der Waals surface area (Å²) in [5, 5.41) is 0. The summed E-state index contributed by atoms with van der Waals surface area (Å²) in [6, 6.07) is 10.4. The maximum absolute atomic E-state index is 12.6. The smallest absolute Gasteiger partial charge is 0.227 e. The highest BCUT2D eigenvalue weighted by atomic mass is 16.5. The van der Waals surface area contributed by atoms with E-state index in [0.717, 1.165) is 63.5 Å². The molecule has 0 radical (unpaired) electrons. The van der Waals surface area contributed by atoms with Crippen molar-refractivity contribution in [1.82, 2.24) is 14.8 Å². The van der Waals surface area contributed by atoms with Gasteiger partial charge in [-0.25, -0.2) is 0 Å². The molecule has 4 rings (SSSR count). The van der Waals surface area contributed by atoms with Gasteiger partial charge in [-0.1, -0.05) is 18.2 Å². The molecular weight excluding hydrogens is 326 g/mol. The lowest BCUT2D eigenvalue weighted by molar-refractivity contribution is -0.130. The number of hydrogen-bond donors (Lipinski definition) is 0. The molecule has 136 valence electrons. The topological polar surface area (TPSA) is 45.7 Å². The number of rotatable bonds is 4. The molecule has 5 nitrogen and oxygen atoms in total. The molecule has 3 heterocycles. The van der Waals surface area contributed by atoms with Crippen LogP contribution in [-0.2, 0) is 24.2 Å². The number of fused-ring (bicyclic) bond motifs is 1.